The van der Waals surface area contributed by atoms with E-state index in [4.69, 9.17) is 5.73 Å². The molecule has 1 radical (unpaired) electrons. The number of amides is 2. The van der Waals surface area contributed by atoms with Crippen LogP contribution in [0, 0.1) is 6.07 Å². The van der Waals surface area contributed by atoms with E-state index < -0.39 is 5.91 Å². The molecule has 1 aromatic heterocycles. The summed E-state index contributed by atoms with van der Waals surface area (Å²) in [7, 11) is 0. The van der Waals surface area contributed by atoms with Crippen molar-refractivity contribution in [1.82, 2.24) is 9.88 Å². The van der Waals surface area contributed by atoms with Gasteiger partial charge in [0, 0.05) is 38.7 Å². The zero-order valence-corrected chi connectivity index (χ0v) is 10.9. The van der Waals surface area contributed by atoms with Crippen LogP contribution in [0.2, 0.25) is 0 Å². The van der Waals surface area contributed by atoms with Gasteiger partial charge in [-0.2, -0.15) is 0 Å². The molecule has 1 aromatic rings. The molecule has 1 aliphatic rings. The highest BCUT2D eigenvalue weighted by molar-refractivity contribution is 5.90. The number of pyridine rings is 1. The molecule has 1 fully saturated rings. The minimum absolute atomic E-state index is 0.143. The van der Waals surface area contributed by atoms with E-state index in [1.54, 1.807) is 12.1 Å². The summed E-state index contributed by atoms with van der Waals surface area (Å²) in [6.07, 6.45) is 0.532. The first kappa shape index (κ1) is 13.3. The number of aromatic nitrogens is 1. The number of carbonyl (C=O) groups excluding carboxylic acids is 2. The zero-order chi connectivity index (χ0) is 13.8. The van der Waals surface area contributed by atoms with Gasteiger partial charge in [0.15, 0.2) is 0 Å². The van der Waals surface area contributed by atoms with Crippen molar-refractivity contribution in [2.45, 2.75) is 13.3 Å². The Kier molecular flexibility index (Phi) is 3.99. The van der Waals surface area contributed by atoms with Crippen LogP contribution in [0.3, 0.4) is 0 Å². The number of hydrogen-bond donors (Lipinski definition) is 1. The molecule has 1 aliphatic heterocycles. The van der Waals surface area contributed by atoms with Crippen LogP contribution < -0.4 is 10.6 Å². The number of anilines is 1. The summed E-state index contributed by atoms with van der Waals surface area (Å²) in [6, 6.07) is 6.15. The summed E-state index contributed by atoms with van der Waals surface area (Å²) in [5, 5.41) is 0. The molecule has 0 unspecified atom stereocenters. The van der Waals surface area contributed by atoms with Gasteiger partial charge in [-0.15, -0.1) is 0 Å². The lowest BCUT2D eigenvalue weighted by Crippen LogP contribution is -2.48. The minimum Gasteiger partial charge on any atom is -0.364 e. The SMILES string of the molecule is CCC(=O)N1CCN(c2cc[c]c(C(N)=O)n2)CC1. The lowest BCUT2D eigenvalue weighted by molar-refractivity contribution is -0.131. The Labute approximate surface area is 112 Å². The third kappa shape index (κ3) is 3.01. The van der Waals surface area contributed by atoms with E-state index in [-0.39, 0.29) is 11.6 Å². The number of rotatable bonds is 3. The Balaban J connectivity index is 2.03. The van der Waals surface area contributed by atoms with Crippen LogP contribution in [0.25, 0.3) is 0 Å². The Hall–Kier alpha value is -2.11. The Morgan fingerprint density at radius 2 is 2.05 bits per heavy atom. The second kappa shape index (κ2) is 5.69. The maximum absolute atomic E-state index is 11.6. The van der Waals surface area contributed by atoms with E-state index in [0.717, 1.165) is 0 Å². The first-order valence-corrected chi connectivity index (χ1v) is 6.33. The molecule has 0 aromatic carbocycles. The summed E-state index contributed by atoms with van der Waals surface area (Å²) in [6.45, 7) is 4.64. The van der Waals surface area contributed by atoms with Gasteiger partial charge in [0.2, 0.25) is 5.91 Å². The molecule has 2 amide bonds. The topological polar surface area (TPSA) is 79.5 Å². The fourth-order valence-corrected chi connectivity index (χ4v) is 2.09. The van der Waals surface area contributed by atoms with Crippen LogP contribution in [-0.4, -0.2) is 47.9 Å². The van der Waals surface area contributed by atoms with Crippen molar-refractivity contribution in [2.75, 3.05) is 31.1 Å². The lowest BCUT2D eigenvalue weighted by atomic mass is 10.2. The van der Waals surface area contributed by atoms with E-state index in [1.807, 2.05) is 16.7 Å². The van der Waals surface area contributed by atoms with Crippen LogP contribution in [0.5, 0.6) is 0 Å². The summed E-state index contributed by atoms with van der Waals surface area (Å²) < 4.78 is 0. The predicted octanol–water partition coefficient (Wildman–Crippen LogP) is 0.0393. The van der Waals surface area contributed by atoms with Gasteiger partial charge in [-0.1, -0.05) is 6.92 Å². The van der Waals surface area contributed by atoms with Crippen molar-refractivity contribution in [3.05, 3.63) is 23.9 Å². The van der Waals surface area contributed by atoms with E-state index in [9.17, 15) is 9.59 Å². The molecule has 0 spiro atoms. The van der Waals surface area contributed by atoms with Gasteiger partial charge in [0.1, 0.15) is 11.5 Å². The largest absolute Gasteiger partial charge is 0.364 e. The normalized spacial score (nSPS) is 15.4. The fourth-order valence-electron chi connectivity index (χ4n) is 2.09. The molecule has 0 atom stereocenters. The second-order valence-corrected chi connectivity index (χ2v) is 4.38. The smallest absolute Gasteiger partial charge is 0.268 e. The van der Waals surface area contributed by atoms with Gasteiger partial charge < -0.3 is 15.5 Å². The molecule has 0 bridgehead atoms. The quantitative estimate of drug-likeness (QED) is 0.833. The number of piperazine rings is 1. The van der Waals surface area contributed by atoms with Crippen molar-refractivity contribution in [1.29, 1.82) is 0 Å². The highest BCUT2D eigenvalue weighted by Crippen LogP contribution is 2.14. The molecule has 0 saturated carbocycles. The van der Waals surface area contributed by atoms with Crippen LogP contribution >= 0.6 is 0 Å². The zero-order valence-electron chi connectivity index (χ0n) is 10.9. The van der Waals surface area contributed by atoms with Gasteiger partial charge in [0.25, 0.3) is 5.91 Å². The summed E-state index contributed by atoms with van der Waals surface area (Å²) in [4.78, 5) is 30.7. The van der Waals surface area contributed by atoms with Crippen molar-refractivity contribution >= 4 is 17.6 Å². The summed E-state index contributed by atoms with van der Waals surface area (Å²) >= 11 is 0. The monoisotopic (exact) mass is 261 g/mol. The molecule has 0 aliphatic carbocycles. The van der Waals surface area contributed by atoms with Gasteiger partial charge >= 0.3 is 0 Å². The van der Waals surface area contributed by atoms with Gasteiger partial charge in [-0.3, -0.25) is 9.59 Å². The molecular weight excluding hydrogens is 244 g/mol. The highest BCUT2D eigenvalue weighted by atomic mass is 16.2. The van der Waals surface area contributed by atoms with Crippen LogP contribution in [-0.2, 0) is 4.79 Å². The molecular formula is C13H17N4O2. The molecule has 101 valence electrons. The number of nitrogens with zero attached hydrogens (tertiary/aromatic N) is 3. The fraction of sp³-hybridized carbons (Fsp3) is 0.462. The lowest BCUT2D eigenvalue weighted by Gasteiger charge is -2.35. The van der Waals surface area contributed by atoms with Gasteiger partial charge in [0.05, 0.1) is 0 Å². The Morgan fingerprint density at radius 1 is 1.37 bits per heavy atom. The maximum Gasteiger partial charge on any atom is 0.268 e. The Bertz CT molecular complexity index is 481. The minimum atomic E-state index is -0.582. The Morgan fingerprint density at radius 3 is 2.63 bits per heavy atom. The van der Waals surface area contributed by atoms with Crippen molar-refractivity contribution in [3.63, 3.8) is 0 Å². The average molecular weight is 261 g/mol. The van der Waals surface area contributed by atoms with Crippen LogP contribution in [0.1, 0.15) is 23.8 Å². The molecule has 19 heavy (non-hydrogen) atoms. The third-order valence-corrected chi connectivity index (χ3v) is 3.17. The number of carbonyl (C=O) groups is 2. The van der Waals surface area contributed by atoms with Gasteiger partial charge in [-0.05, 0) is 12.1 Å². The van der Waals surface area contributed by atoms with Crippen molar-refractivity contribution in [2.24, 2.45) is 5.73 Å². The first-order chi connectivity index (χ1) is 9.11. The molecule has 2 N–H and O–H groups in total. The predicted molar refractivity (Wildman–Crippen MR) is 70.7 cm³/mol. The average Bonchev–Trinajstić information content (AvgIpc) is 2.46. The van der Waals surface area contributed by atoms with E-state index >= 15 is 0 Å². The maximum atomic E-state index is 11.6. The third-order valence-electron chi connectivity index (χ3n) is 3.17. The van der Waals surface area contributed by atoms with Crippen LogP contribution in [0.15, 0.2) is 12.1 Å². The van der Waals surface area contributed by atoms with Crippen LogP contribution in [0.4, 0.5) is 5.82 Å². The van der Waals surface area contributed by atoms with E-state index in [1.165, 1.54) is 0 Å². The van der Waals surface area contributed by atoms with Crippen molar-refractivity contribution < 1.29 is 9.59 Å². The molecule has 6 heteroatoms. The molecule has 2 rings (SSSR count). The number of primary amides is 1. The summed E-state index contributed by atoms with van der Waals surface area (Å²) in [5.41, 5.74) is 5.33. The van der Waals surface area contributed by atoms with Gasteiger partial charge in [-0.25, -0.2) is 4.98 Å². The molecule has 6 nitrogen and oxygen atoms in total. The standard InChI is InChI=1S/C13H17N4O2/c1-2-12(18)17-8-6-16(7-9-17)11-5-3-4-10(15-11)13(14)19/h3,5H,2,6-9H2,1H3,(H2,14,19). The number of hydrogen-bond acceptors (Lipinski definition) is 4. The first-order valence-electron chi connectivity index (χ1n) is 6.33. The summed E-state index contributed by atoms with van der Waals surface area (Å²) in [5.74, 6) is 0.296. The second-order valence-electron chi connectivity index (χ2n) is 4.38. The molecule has 1 saturated heterocycles. The van der Waals surface area contributed by atoms with E-state index in [0.29, 0.717) is 38.4 Å². The van der Waals surface area contributed by atoms with E-state index in [2.05, 4.69) is 11.1 Å². The number of nitrogens with two attached hydrogens (primary N) is 1. The molecule has 2 heterocycles. The highest BCUT2D eigenvalue weighted by Gasteiger charge is 2.21. The van der Waals surface area contributed by atoms with Crippen molar-refractivity contribution in [3.8, 4) is 0 Å².